The number of ether oxygens (including phenoxy) is 2. The molecule has 1 atom stereocenters. The van der Waals surface area contributed by atoms with Crippen LogP contribution in [0.25, 0.3) is 0 Å². The second kappa shape index (κ2) is 10.1. The first-order chi connectivity index (χ1) is 14.7. The molecule has 1 amide bonds. The van der Waals surface area contributed by atoms with Gasteiger partial charge in [-0.15, -0.1) is 0 Å². The Balaban J connectivity index is 1.74. The molecule has 0 radical (unpaired) electrons. The molecule has 3 aromatic rings. The highest BCUT2D eigenvalue weighted by atomic mass is 32.1. The van der Waals surface area contributed by atoms with E-state index < -0.39 is 7.37 Å². The highest BCUT2D eigenvalue weighted by molar-refractivity contribution is 7.65. The van der Waals surface area contributed by atoms with Crippen molar-refractivity contribution in [3.8, 4) is 11.5 Å². The maximum Gasteiger partial charge on any atom is 0.255 e. The van der Waals surface area contributed by atoms with E-state index in [0.29, 0.717) is 29.4 Å². The molecule has 0 aliphatic rings. The van der Waals surface area contributed by atoms with E-state index in [0.717, 1.165) is 6.42 Å². The summed E-state index contributed by atoms with van der Waals surface area (Å²) in [6.07, 6.45) is 2.06. The standard InChI is InChI=1S/C22H25N2O5PS/c1-15(2)29-20-11-17(10-19(12-20)28-8-6-16-7-9-31-14-16)22(25)24-18-4-5-21(23-13-18)30(3,26)27/h4-5,7,9-15H,6,8H2,1-3H3,(H,24,25)(H,26,27). The normalized spacial score (nSPS) is 12.9. The van der Waals surface area contributed by atoms with E-state index in [-0.39, 0.29) is 17.4 Å². The Morgan fingerprint density at radius 3 is 2.61 bits per heavy atom. The van der Waals surface area contributed by atoms with E-state index in [1.54, 1.807) is 35.6 Å². The molecule has 3 rings (SSSR count). The monoisotopic (exact) mass is 460 g/mol. The zero-order valence-corrected chi connectivity index (χ0v) is 19.3. The molecule has 7 nitrogen and oxygen atoms in total. The summed E-state index contributed by atoms with van der Waals surface area (Å²) in [7, 11) is -3.44. The summed E-state index contributed by atoms with van der Waals surface area (Å²) >= 11 is 1.64. The molecule has 1 unspecified atom stereocenters. The number of thiophene rings is 1. The van der Waals surface area contributed by atoms with E-state index in [2.05, 4.69) is 21.7 Å². The van der Waals surface area contributed by atoms with Crippen molar-refractivity contribution < 1.29 is 23.7 Å². The molecular formula is C22H25N2O5PS. The molecule has 0 saturated carbocycles. The van der Waals surface area contributed by atoms with Gasteiger partial charge in [0.05, 0.1) is 24.6 Å². The molecule has 2 aromatic heterocycles. The topological polar surface area (TPSA) is 97.8 Å². The van der Waals surface area contributed by atoms with Gasteiger partial charge >= 0.3 is 0 Å². The van der Waals surface area contributed by atoms with Crippen LogP contribution < -0.4 is 20.2 Å². The van der Waals surface area contributed by atoms with Gasteiger partial charge in [0.2, 0.25) is 7.37 Å². The fourth-order valence-electron chi connectivity index (χ4n) is 2.76. The van der Waals surface area contributed by atoms with E-state index in [4.69, 9.17) is 9.47 Å². The molecule has 0 aliphatic carbocycles. The number of carbonyl (C=O) groups excluding carboxylic acids is 1. The predicted octanol–water partition coefficient (Wildman–Crippen LogP) is 4.33. The lowest BCUT2D eigenvalue weighted by atomic mass is 10.1. The molecule has 31 heavy (non-hydrogen) atoms. The van der Waals surface area contributed by atoms with Gasteiger partial charge in [0.15, 0.2) is 0 Å². The number of hydrogen-bond donors (Lipinski definition) is 2. The summed E-state index contributed by atoms with van der Waals surface area (Å²) in [5, 5.41) is 6.84. The summed E-state index contributed by atoms with van der Waals surface area (Å²) in [5.41, 5.74) is 2.07. The van der Waals surface area contributed by atoms with Crippen molar-refractivity contribution in [2.75, 3.05) is 18.6 Å². The van der Waals surface area contributed by atoms with Gasteiger partial charge in [-0.1, -0.05) is 0 Å². The maximum absolute atomic E-state index is 12.8. The van der Waals surface area contributed by atoms with Gasteiger partial charge in [-0.25, -0.2) is 4.98 Å². The van der Waals surface area contributed by atoms with Crippen LogP contribution >= 0.6 is 18.7 Å². The number of hydrogen-bond acceptors (Lipinski definition) is 6. The van der Waals surface area contributed by atoms with Crippen LogP contribution in [0.4, 0.5) is 5.69 Å². The Bertz CT molecular complexity index is 1060. The molecule has 2 N–H and O–H groups in total. The summed E-state index contributed by atoms with van der Waals surface area (Å²) in [5.74, 6) is 0.711. The molecular weight excluding hydrogens is 435 g/mol. The Kier molecular flexibility index (Phi) is 7.49. The minimum absolute atomic E-state index is 0.0584. The minimum Gasteiger partial charge on any atom is -0.493 e. The number of pyridine rings is 1. The molecule has 0 aliphatic heterocycles. The highest BCUT2D eigenvalue weighted by Gasteiger charge is 2.16. The number of anilines is 1. The molecule has 164 valence electrons. The Labute approximate surface area is 185 Å². The van der Waals surface area contributed by atoms with E-state index in [1.807, 2.05) is 19.2 Å². The van der Waals surface area contributed by atoms with Crippen molar-refractivity contribution in [3.05, 3.63) is 64.5 Å². The van der Waals surface area contributed by atoms with Gasteiger partial charge in [-0.3, -0.25) is 9.36 Å². The third kappa shape index (κ3) is 6.92. The van der Waals surface area contributed by atoms with Gasteiger partial charge < -0.3 is 19.7 Å². The third-order valence-corrected chi connectivity index (χ3v) is 6.03. The number of nitrogens with zero attached hydrogens (tertiary/aromatic N) is 1. The van der Waals surface area contributed by atoms with Gasteiger partial charge in [-0.05, 0) is 60.5 Å². The van der Waals surface area contributed by atoms with Crippen LogP contribution in [0.15, 0.2) is 53.4 Å². The summed E-state index contributed by atoms with van der Waals surface area (Å²) in [6.45, 7) is 5.51. The second-order valence-corrected chi connectivity index (χ2v) is 10.3. The molecule has 0 saturated heterocycles. The largest absolute Gasteiger partial charge is 0.493 e. The number of carbonyl (C=O) groups is 1. The van der Waals surface area contributed by atoms with Crippen LogP contribution in [0.3, 0.4) is 0 Å². The molecule has 0 bridgehead atoms. The number of aromatic nitrogens is 1. The Morgan fingerprint density at radius 1 is 1.23 bits per heavy atom. The first-order valence-electron chi connectivity index (χ1n) is 9.74. The zero-order chi connectivity index (χ0) is 22.4. The Morgan fingerprint density at radius 2 is 2.00 bits per heavy atom. The summed E-state index contributed by atoms with van der Waals surface area (Å²) in [6, 6.07) is 10.1. The smallest absolute Gasteiger partial charge is 0.255 e. The first-order valence-corrected chi connectivity index (χ1v) is 12.8. The van der Waals surface area contributed by atoms with Crippen LogP contribution in [-0.2, 0) is 11.0 Å². The fraction of sp³-hybridized carbons (Fsp3) is 0.273. The molecule has 0 spiro atoms. The number of benzene rings is 1. The number of rotatable bonds is 9. The molecule has 9 heteroatoms. The van der Waals surface area contributed by atoms with Gasteiger partial charge in [-0.2, -0.15) is 11.3 Å². The molecule has 2 heterocycles. The van der Waals surface area contributed by atoms with Crippen molar-refractivity contribution in [2.24, 2.45) is 0 Å². The highest BCUT2D eigenvalue weighted by Crippen LogP contribution is 2.32. The van der Waals surface area contributed by atoms with Gasteiger partial charge in [0.25, 0.3) is 5.91 Å². The number of amides is 1. The number of nitrogens with one attached hydrogen (secondary N) is 1. The van der Waals surface area contributed by atoms with Crippen molar-refractivity contribution in [1.82, 2.24) is 4.98 Å². The van der Waals surface area contributed by atoms with Crippen molar-refractivity contribution in [2.45, 2.75) is 26.4 Å². The average Bonchev–Trinajstić information content (AvgIpc) is 3.20. The van der Waals surface area contributed by atoms with Gasteiger partial charge in [0, 0.05) is 24.7 Å². The minimum atomic E-state index is -3.44. The summed E-state index contributed by atoms with van der Waals surface area (Å²) in [4.78, 5) is 26.3. The average molecular weight is 460 g/mol. The second-order valence-electron chi connectivity index (χ2n) is 7.33. The van der Waals surface area contributed by atoms with E-state index in [9.17, 15) is 14.3 Å². The van der Waals surface area contributed by atoms with Crippen LogP contribution in [0.5, 0.6) is 11.5 Å². The van der Waals surface area contributed by atoms with Crippen LogP contribution in [0.1, 0.15) is 29.8 Å². The maximum atomic E-state index is 12.8. The van der Waals surface area contributed by atoms with Crippen LogP contribution in [-0.4, -0.2) is 35.2 Å². The quantitative estimate of drug-likeness (QED) is 0.462. The Hall–Kier alpha value is -2.67. The first kappa shape index (κ1) is 23.0. The SMILES string of the molecule is CC(C)Oc1cc(OCCc2ccsc2)cc(C(=O)Nc2ccc(P(C)(=O)O)nc2)c1. The third-order valence-electron chi connectivity index (χ3n) is 4.18. The lowest BCUT2D eigenvalue weighted by molar-refractivity contribution is 0.102. The zero-order valence-electron chi connectivity index (χ0n) is 17.6. The van der Waals surface area contributed by atoms with Crippen LogP contribution in [0.2, 0.25) is 0 Å². The van der Waals surface area contributed by atoms with Crippen molar-refractivity contribution in [3.63, 3.8) is 0 Å². The predicted molar refractivity (Wildman–Crippen MR) is 123 cm³/mol. The van der Waals surface area contributed by atoms with Crippen molar-refractivity contribution in [1.29, 1.82) is 0 Å². The van der Waals surface area contributed by atoms with Gasteiger partial charge in [0.1, 0.15) is 16.9 Å². The van der Waals surface area contributed by atoms with Crippen LogP contribution in [0, 0.1) is 0 Å². The van der Waals surface area contributed by atoms with Crippen molar-refractivity contribution >= 4 is 35.7 Å². The lowest BCUT2D eigenvalue weighted by Gasteiger charge is -2.14. The fourth-order valence-corrected chi connectivity index (χ4v) is 4.08. The molecule has 1 aromatic carbocycles. The van der Waals surface area contributed by atoms with E-state index in [1.165, 1.54) is 24.5 Å². The van der Waals surface area contributed by atoms with E-state index >= 15 is 0 Å². The lowest BCUT2D eigenvalue weighted by Crippen LogP contribution is -2.15. The molecule has 0 fully saturated rings. The summed E-state index contributed by atoms with van der Waals surface area (Å²) < 4.78 is 23.3.